The van der Waals surface area contributed by atoms with Crippen molar-refractivity contribution >= 4 is 11.6 Å². The van der Waals surface area contributed by atoms with Crippen LogP contribution in [0.2, 0.25) is 0 Å². The zero-order valence-corrected chi connectivity index (χ0v) is 14.3. The van der Waals surface area contributed by atoms with Crippen LogP contribution in [0.25, 0.3) is 5.78 Å². The van der Waals surface area contributed by atoms with Gasteiger partial charge in [-0.3, -0.25) is 0 Å². The lowest BCUT2D eigenvalue weighted by molar-refractivity contribution is 0.434. The molecule has 1 fully saturated rings. The van der Waals surface area contributed by atoms with E-state index in [0.717, 1.165) is 31.1 Å². The number of fused-ring (bicyclic) bond motifs is 1. The Balaban J connectivity index is 1.82. The molecule has 0 N–H and O–H groups in total. The summed E-state index contributed by atoms with van der Waals surface area (Å²) in [6.07, 6.45) is 4.92. The molecule has 1 aliphatic heterocycles. The first-order valence-electron chi connectivity index (χ1n) is 8.70. The first kappa shape index (κ1) is 15.1. The molecule has 3 heterocycles. The second-order valence-corrected chi connectivity index (χ2v) is 6.80. The fourth-order valence-electron chi connectivity index (χ4n) is 3.52. The number of aromatic nitrogens is 4. The molecule has 0 aliphatic carbocycles. The van der Waals surface area contributed by atoms with E-state index in [1.165, 1.54) is 29.8 Å². The number of nitrogens with zero attached hydrogens (tertiary/aromatic N) is 5. The van der Waals surface area contributed by atoms with E-state index in [-0.39, 0.29) is 0 Å². The number of aryl methyl sites for hydroxylation is 1. The number of anilines is 1. The summed E-state index contributed by atoms with van der Waals surface area (Å²) in [5, 5.41) is 4.46. The molecule has 1 aliphatic rings. The van der Waals surface area contributed by atoms with Gasteiger partial charge in [0, 0.05) is 30.8 Å². The Bertz CT molecular complexity index is 832. The van der Waals surface area contributed by atoms with Crippen LogP contribution >= 0.6 is 0 Å². The lowest BCUT2D eigenvalue weighted by atomic mass is 9.98. The zero-order valence-electron chi connectivity index (χ0n) is 14.3. The minimum Gasteiger partial charge on any atom is -0.356 e. The Morgan fingerprint density at radius 3 is 2.62 bits per heavy atom. The Morgan fingerprint density at radius 1 is 1.12 bits per heavy atom. The first-order chi connectivity index (χ1) is 11.7. The van der Waals surface area contributed by atoms with E-state index in [0.29, 0.717) is 5.78 Å². The van der Waals surface area contributed by atoms with Gasteiger partial charge in [-0.05, 0) is 31.2 Å². The van der Waals surface area contributed by atoms with E-state index in [1.54, 1.807) is 6.33 Å². The van der Waals surface area contributed by atoms with Crippen LogP contribution < -0.4 is 4.90 Å². The van der Waals surface area contributed by atoms with Gasteiger partial charge in [0.15, 0.2) is 0 Å². The van der Waals surface area contributed by atoms with Crippen molar-refractivity contribution in [3.05, 3.63) is 53.5 Å². The van der Waals surface area contributed by atoms with Crippen molar-refractivity contribution < 1.29 is 0 Å². The Labute approximate surface area is 142 Å². The van der Waals surface area contributed by atoms with E-state index in [2.05, 4.69) is 64.1 Å². The number of benzene rings is 1. The molecular formula is C19H23N5. The molecular weight excluding hydrogens is 298 g/mol. The summed E-state index contributed by atoms with van der Waals surface area (Å²) in [5.74, 6) is 2.66. The SMILES string of the molecule is Cc1nc2ncnn2c(N2CCC(C)CC2)c1Cc1ccccc1. The third-order valence-electron chi connectivity index (χ3n) is 5.01. The van der Waals surface area contributed by atoms with Crippen molar-refractivity contribution in [2.75, 3.05) is 18.0 Å². The van der Waals surface area contributed by atoms with Gasteiger partial charge < -0.3 is 4.90 Å². The third-order valence-corrected chi connectivity index (χ3v) is 5.01. The van der Waals surface area contributed by atoms with Gasteiger partial charge in [0.25, 0.3) is 5.78 Å². The molecule has 0 radical (unpaired) electrons. The van der Waals surface area contributed by atoms with Gasteiger partial charge in [-0.25, -0.2) is 4.98 Å². The molecule has 0 spiro atoms. The van der Waals surface area contributed by atoms with Gasteiger partial charge in [-0.15, -0.1) is 0 Å². The van der Waals surface area contributed by atoms with Crippen molar-refractivity contribution in [3.63, 3.8) is 0 Å². The van der Waals surface area contributed by atoms with E-state index in [4.69, 9.17) is 0 Å². The molecule has 124 valence electrons. The van der Waals surface area contributed by atoms with Crippen molar-refractivity contribution in [2.45, 2.75) is 33.1 Å². The predicted octanol–water partition coefficient (Wildman–Crippen LogP) is 3.26. The van der Waals surface area contributed by atoms with E-state index < -0.39 is 0 Å². The normalized spacial score (nSPS) is 16.0. The predicted molar refractivity (Wildman–Crippen MR) is 95.4 cm³/mol. The van der Waals surface area contributed by atoms with Gasteiger partial charge in [-0.2, -0.15) is 14.6 Å². The second kappa shape index (κ2) is 6.23. The number of hydrogen-bond acceptors (Lipinski definition) is 4. The summed E-state index contributed by atoms with van der Waals surface area (Å²) in [4.78, 5) is 11.4. The van der Waals surface area contributed by atoms with E-state index in [1.807, 2.05) is 4.52 Å². The maximum atomic E-state index is 4.66. The Hall–Kier alpha value is -2.43. The highest BCUT2D eigenvalue weighted by molar-refractivity contribution is 5.56. The highest BCUT2D eigenvalue weighted by Crippen LogP contribution is 2.29. The largest absolute Gasteiger partial charge is 0.356 e. The molecule has 1 saturated heterocycles. The van der Waals surface area contributed by atoms with Crippen LogP contribution in [0.15, 0.2) is 36.7 Å². The molecule has 5 heteroatoms. The quantitative estimate of drug-likeness (QED) is 0.743. The minimum atomic E-state index is 0.693. The van der Waals surface area contributed by atoms with Crippen molar-refractivity contribution in [1.82, 2.24) is 19.6 Å². The van der Waals surface area contributed by atoms with Crippen LogP contribution in [0.1, 0.15) is 36.6 Å². The van der Waals surface area contributed by atoms with Crippen molar-refractivity contribution in [3.8, 4) is 0 Å². The molecule has 2 aromatic heterocycles. The molecule has 4 rings (SSSR count). The first-order valence-corrected chi connectivity index (χ1v) is 8.70. The summed E-state index contributed by atoms with van der Waals surface area (Å²) in [6, 6.07) is 10.6. The third kappa shape index (κ3) is 2.75. The van der Waals surface area contributed by atoms with Gasteiger partial charge in [0.2, 0.25) is 0 Å². The topological polar surface area (TPSA) is 46.3 Å². The smallest absolute Gasteiger partial charge is 0.254 e. The molecule has 0 unspecified atom stereocenters. The minimum absolute atomic E-state index is 0.693. The molecule has 0 atom stereocenters. The van der Waals surface area contributed by atoms with E-state index >= 15 is 0 Å². The highest BCUT2D eigenvalue weighted by Gasteiger charge is 2.23. The molecule has 5 nitrogen and oxygen atoms in total. The molecule has 3 aromatic rings. The maximum Gasteiger partial charge on any atom is 0.254 e. The molecule has 0 amide bonds. The highest BCUT2D eigenvalue weighted by atomic mass is 15.4. The average molecular weight is 321 g/mol. The zero-order chi connectivity index (χ0) is 16.5. The van der Waals surface area contributed by atoms with Crippen LogP contribution in [-0.2, 0) is 6.42 Å². The van der Waals surface area contributed by atoms with Crippen LogP contribution in [0.5, 0.6) is 0 Å². The van der Waals surface area contributed by atoms with E-state index in [9.17, 15) is 0 Å². The fraction of sp³-hybridized carbons (Fsp3) is 0.421. The summed E-state index contributed by atoms with van der Waals surface area (Å²) >= 11 is 0. The number of hydrogen-bond donors (Lipinski definition) is 0. The standard InChI is InChI=1S/C19H23N5/c1-14-8-10-23(11-9-14)18-17(12-16-6-4-3-5-7-16)15(2)22-19-20-13-21-24(18)19/h3-7,13-14H,8-12H2,1-2H3. The summed E-state index contributed by atoms with van der Waals surface area (Å²) in [5.41, 5.74) is 3.61. The van der Waals surface area contributed by atoms with Gasteiger partial charge >= 0.3 is 0 Å². The van der Waals surface area contributed by atoms with Crippen LogP contribution in [0, 0.1) is 12.8 Å². The van der Waals surface area contributed by atoms with Crippen molar-refractivity contribution in [2.24, 2.45) is 5.92 Å². The molecule has 24 heavy (non-hydrogen) atoms. The van der Waals surface area contributed by atoms with Gasteiger partial charge in [0.05, 0.1) is 0 Å². The molecule has 0 bridgehead atoms. The van der Waals surface area contributed by atoms with Gasteiger partial charge in [-0.1, -0.05) is 37.3 Å². The molecule has 0 saturated carbocycles. The number of rotatable bonds is 3. The fourth-order valence-corrected chi connectivity index (χ4v) is 3.52. The van der Waals surface area contributed by atoms with Crippen molar-refractivity contribution in [1.29, 1.82) is 0 Å². The van der Waals surface area contributed by atoms with Gasteiger partial charge in [0.1, 0.15) is 12.1 Å². The lowest BCUT2D eigenvalue weighted by Crippen LogP contribution is -2.35. The monoisotopic (exact) mass is 321 g/mol. The summed E-state index contributed by atoms with van der Waals surface area (Å²) in [7, 11) is 0. The van der Waals surface area contributed by atoms with Crippen LogP contribution in [0.3, 0.4) is 0 Å². The van der Waals surface area contributed by atoms with Crippen LogP contribution in [0.4, 0.5) is 5.82 Å². The Kier molecular flexibility index (Phi) is 3.92. The average Bonchev–Trinajstić information content (AvgIpc) is 3.05. The lowest BCUT2D eigenvalue weighted by Gasteiger charge is -2.33. The number of piperidine rings is 1. The summed E-state index contributed by atoms with van der Waals surface area (Å²) in [6.45, 7) is 6.57. The van der Waals surface area contributed by atoms with Crippen LogP contribution in [-0.4, -0.2) is 32.7 Å². The maximum absolute atomic E-state index is 4.66. The molecule has 1 aromatic carbocycles. The second-order valence-electron chi connectivity index (χ2n) is 6.80. The summed E-state index contributed by atoms with van der Waals surface area (Å²) < 4.78 is 1.92. The Morgan fingerprint density at radius 2 is 1.88 bits per heavy atom.